The van der Waals surface area contributed by atoms with E-state index in [2.05, 4.69) is 12.2 Å². The maximum atomic E-state index is 12.3. The molecule has 2 heterocycles. The normalized spacial score (nSPS) is 29.8. The van der Waals surface area contributed by atoms with Crippen molar-refractivity contribution in [3.8, 4) is 0 Å². The number of morpholine rings is 1. The Morgan fingerprint density at radius 1 is 1.39 bits per heavy atom. The summed E-state index contributed by atoms with van der Waals surface area (Å²) in [6.07, 6.45) is 3.55. The molecule has 0 bridgehead atoms. The number of carbonyl (C=O) groups excluding carboxylic acids is 1. The molecule has 0 aromatic heterocycles. The molecule has 2 fully saturated rings. The predicted molar refractivity (Wildman–Crippen MR) is 74.0 cm³/mol. The monoisotopic (exact) mass is 276 g/mol. The van der Waals surface area contributed by atoms with Crippen LogP contribution in [0.4, 0.5) is 0 Å². The van der Waals surface area contributed by atoms with Gasteiger partial charge < -0.3 is 15.0 Å². The van der Waals surface area contributed by atoms with E-state index in [0.29, 0.717) is 6.61 Å². The highest BCUT2D eigenvalue weighted by Crippen LogP contribution is 2.21. The Labute approximate surface area is 116 Å². The molecule has 0 aliphatic carbocycles. The number of nitrogens with zero attached hydrogens (tertiary/aromatic N) is 1. The fourth-order valence-corrected chi connectivity index (χ4v) is 2.77. The second-order valence-corrected chi connectivity index (χ2v) is 5.18. The molecule has 0 aromatic carbocycles. The van der Waals surface area contributed by atoms with Crippen molar-refractivity contribution in [2.75, 3.05) is 26.2 Å². The van der Waals surface area contributed by atoms with E-state index in [-0.39, 0.29) is 30.5 Å². The Morgan fingerprint density at radius 3 is 2.61 bits per heavy atom. The van der Waals surface area contributed by atoms with E-state index in [1.807, 2.05) is 11.8 Å². The zero-order chi connectivity index (χ0) is 12.3. The summed E-state index contributed by atoms with van der Waals surface area (Å²) in [5.41, 5.74) is 0. The van der Waals surface area contributed by atoms with E-state index in [4.69, 9.17) is 4.74 Å². The lowest BCUT2D eigenvalue weighted by Gasteiger charge is -2.37. The highest BCUT2D eigenvalue weighted by molar-refractivity contribution is 5.85. The van der Waals surface area contributed by atoms with Crippen molar-refractivity contribution in [2.45, 2.75) is 45.3 Å². The van der Waals surface area contributed by atoms with Crippen molar-refractivity contribution < 1.29 is 9.53 Å². The quantitative estimate of drug-likeness (QED) is 0.830. The van der Waals surface area contributed by atoms with Gasteiger partial charge in [-0.05, 0) is 25.7 Å². The molecule has 0 unspecified atom stereocenters. The van der Waals surface area contributed by atoms with Gasteiger partial charge in [0.15, 0.2) is 0 Å². The maximum absolute atomic E-state index is 12.3. The highest BCUT2D eigenvalue weighted by Gasteiger charge is 2.33. The third kappa shape index (κ3) is 3.59. The van der Waals surface area contributed by atoms with Crippen molar-refractivity contribution in [1.29, 1.82) is 0 Å². The van der Waals surface area contributed by atoms with Crippen LogP contribution in [0.2, 0.25) is 0 Å². The molecule has 4 nitrogen and oxygen atoms in total. The molecule has 106 valence electrons. The van der Waals surface area contributed by atoms with Gasteiger partial charge in [0, 0.05) is 19.6 Å². The molecular weight excluding hydrogens is 252 g/mol. The minimum absolute atomic E-state index is 0. The number of amides is 1. The van der Waals surface area contributed by atoms with Crippen LogP contribution in [0, 0.1) is 5.92 Å². The third-order valence-corrected chi connectivity index (χ3v) is 4.09. The van der Waals surface area contributed by atoms with E-state index in [9.17, 15) is 4.79 Å². The fraction of sp³-hybridized carbons (Fsp3) is 0.923. The lowest BCUT2D eigenvalue weighted by molar-refractivity contribution is -0.140. The number of hydrogen-bond acceptors (Lipinski definition) is 3. The number of likely N-dealkylation sites (tertiary alicyclic amines) is 1. The van der Waals surface area contributed by atoms with Gasteiger partial charge in [0.25, 0.3) is 0 Å². The number of hydrogen-bond donors (Lipinski definition) is 1. The Kier molecular flexibility index (Phi) is 6.39. The third-order valence-electron chi connectivity index (χ3n) is 4.09. The highest BCUT2D eigenvalue weighted by atomic mass is 35.5. The van der Waals surface area contributed by atoms with Gasteiger partial charge in [0.1, 0.15) is 6.04 Å². The van der Waals surface area contributed by atoms with Crippen LogP contribution in [0.3, 0.4) is 0 Å². The molecule has 1 N–H and O–H groups in total. The fourth-order valence-electron chi connectivity index (χ4n) is 2.77. The van der Waals surface area contributed by atoms with Gasteiger partial charge in [-0.1, -0.05) is 13.3 Å². The average molecular weight is 277 g/mol. The predicted octanol–water partition coefficient (Wildman–Crippen LogP) is 1.43. The first kappa shape index (κ1) is 15.7. The largest absolute Gasteiger partial charge is 0.375 e. The Hall–Kier alpha value is -0.320. The summed E-state index contributed by atoms with van der Waals surface area (Å²) >= 11 is 0. The zero-order valence-corrected chi connectivity index (χ0v) is 12.2. The number of halogens is 1. The van der Waals surface area contributed by atoms with E-state index < -0.39 is 0 Å². The van der Waals surface area contributed by atoms with Crippen LogP contribution in [0.1, 0.15) is 33.1 Å². The van der Waals surface area contributed by atoms with Gasteiger partial charge in [-0.25, -0.2) is 0 Å². The Balaban J connectivity index is 0.00000162. The second kappa shape index (κ2) is 7.31. The van der Waals surface area contributed by atoms with Crippen molar-refractivity contribution in [3.63, 3.8) is 0 Å². The van der Waals surface area contributed by atoms with E-state index in [1.165, 1.54) is 6.42 Å². The standard InChI is InChI=1S/C13H24N2O2.ClH/c1-3-11-4-7-15(8-5-11)13(16)12-10(2)17-9-6-14-12;/h10-12,14H,3-9H2,1-2H3;1H/t10-,12+;/m1./s1. The molecule has 0 radical (unpaired) electrons. The minimum atomic E-state index is -0.137. The average Bonchev–Trinajstić information content (AvgIpc) is 2.39. The molecule has 2 atom stereocenters. The molecule has 2 saturated heterocycles. The Morgan fingerprint density at radius 2 is 2.06 bits per heavy atom. The summed E-state index contributed by atoms with van der Waals surface area (Å²) < 4.78 is 5.53. The van der Waals surface area contributed by atoms with Crippen LogP contribution in [0.25, 0.3) is 0 Å². The van der Waals surface area contributed by atoms with Gasteiger partial charge >= 0.3 is 0 Å². The summed E-state index contributed by atoms with van der Waals surface area (Å²) in [4.78, 5) is 14.4. The van der Waals surface area contributed by atoms with Crippen molar-refractivity contribution >= 4 is 18.3 Å². The van der Waals surface area contributed by atoms with Crippen LogP contribution in [-0.2, 0) is 9.53 Å². The van der Waals surface area contributed by atoms with Crippen LogP contribution in [0.15, 0.2) is 0 Å². The molecule has 5 heteroatoms. The first-order valence-electron chi connectivity index (χ1n) is 6.86. The first-order valence-corrected chi connectivity index (χ1v) is 6.86. The first-order chi connectivity index (χ1) is 8.22. The molecule has 2 rings (SSSR count). The smallest absolute Gasteiger partial charge is 0.242 e. The van der Waals surface area contributed by atoms with Crippen LogP contribution in [0.5, 0.6) is 0 Å². The van der Waals surface area contributed by atoms with Crippen molar-refractivity contribution in [3.05, 3.63) is 0 Å². The maximum Gasteiger partial charge on any atom is 0.242 e. The van der Waals surface area contributed by atoms with E-state index in [0.717, 1.165) is 38.4 Å². The summed E-state index contributed by atoms with van der Waals surface area (Å²) in [7, 11) is 0. The van der Waals surface area contributed by atoms with Gasteiger partial charge in [-0.3, -0.25) is 4.79 Å². The van der Waals surface area contributed by atoms with Crippen LogP contribution >= 0.6 is 12.4 Å². The lowest BCUT2D eigenvalue weighted by Crippen LogP contribution is -2.57. The van der Waals surface area contributed by atoms with Crippen LogP contribution in [-0.4, -0.2) is 49.2 Å². The van der Waals surface area contributed by atoms with Gasteiger partial charge in [-0.2, -0.15) is 0 Å². The van der Waals surface area contributed by atoms with Crippen LogP contribution < -0.4 is 5.32 Å². The zero-order valence-electron chi connectivity index (χ0n) is 11.4. The summed E-state index contributed by atoms with van der Waals surface area (Å²) in [5, 5.41) is 3.27. The molecule has 0 aromatic rings. The molecule has 0 saturated carbocycles. The number of piperidine rings is 1. The topological polar surface area (TPSA) is 41.6 Å². The number of carbonyl (C=O) groups is 1. The summed E-state index contributed by atoms with van der Waals surface area (Å²) in [6, 6.07) is -0.137. The van der Waals surface area contributed by atoms with Gasteiger partial charge in [0.05, 0.1) is 12.7 Å². The molecule has 2 aliphatic rings. The van der Waals surface area contributed by atoms with E-state index >= 15 is 0 Å². The van der Waals surface area contributed by atoms with Crippen molar-refractivity contribution in [1.82, 2.24) is 10.2 Å². The lowest BCUT2D eigenvalue weighted by atomic mass is 9.94. The SMILES string of the molecule is CCC1CCN(C(=O)[C@H]2NCCO[C@@H]2C)CC1.Cl. The van der Waals surface area contributed by atoms with Crippen molar-refractivity contribution in [2.24, 2.45) is 5.92 Å². The molecule has 1 amide bonds. The van der Waals surface area contributed by atoms with E-state index in [1.54, 1.807) is 0 Å². The van der Waals surface area contributed by atoms with Gasteiger partial charge in [0.2, 0.25) is 5.91 Å². The van der Waals surface area contributed by atoms with Gasteiger partial charge in [-0.15, -0.1) is 12.4 Å². The number of rotatable bonds is 2. The summed E-state index contributed by atoms with van der Waals surface area (Å²) in [6.45, 7) is 7.55. The molecule has 0 spiro atoms. The molecule has 18 heavy (non-hydrogen) atoms. The number of nitrogens with one attached hydrogen (secondary N) is 1. The Bertz CT molecular complexity index is 268. The second-order valence-electron chi connectivity index (χ2n) is 5.18. The number of ether oxygens (including phenoxy) is 1. The molecule has 2 aliphatic heterocycles. The summed E-state index contributed by atoms with van der Waals surface area (Å²) in [5.74, 6) is 1.04. The minimum Gasteiger partial charge on any atom is -0.375 e. The molecular formula is C13H25ClN2O2.